The maximum Gasteiger partial charge on any atom is 0.280 e. The zero-order valence-corrected chi connectivity index (χ0v) is 15.6. The van der Waals surface area contributed by atoms with Crippen LogP contribution in [0.2, 0.25) is 0 Å². The van der Waals surface area contributed by atoms with Gasteiger partial charge < -0.3 is 15.2 Å². The van der Waals surface area contributed by atoms with E-state index >= 15 is 0 Å². The van der Waals surface area contributed by atoms with Crippen molar-refractivity contribution in [2.75, 3.05) is 5.32 Å². The zero-order chi connectivity index (χ0) is 19.5. The van der Waals surface area contributed by atoms with Crippen molar-refractivity contribution in [3.63, 3.8) is 0 Å². The van der Waals surface area contributed by atoms with Crippen LogP contribution in [-0.4, -0.2) is 31.1 Å². The van der Waals surface area contributed by atoms with Gasteiger partial charge in [-0.1, -0.05) is 36.4 Å². The summed E-state index contributed by atoms with van der Waals surface area (Å²) in [5, 5.41) is 22.5. The lowest BCUT2D eigenvalue weighted by molar-refractivity contribution is 0.00720. The molecule has 28 heavy (non-hydrogen) atoms. The molecule has 4 rings (SSSR count). The van der Waals surface area contributed by atoms with Crippen LogP contribution < -0.4 is 10.1 Å². The fraction of sp³-hybridized carbons (Fsp3) is 0.143. The first-order valence-corrected chi connectivity index (χ1v) is 8.92. The molecule has 0 fully saturated rings. The van der Waals surface area contributed by atoms with Crippen LogP contribution in [0.4, 0.5) is 5.82 Å². The van der Waals surface area contributed by atoms with Crippen molar-refractivity contribution in [3.05, 3.63) is 78.6 Å². The second-order valence-corrected chi connectivity index (χ2v) is 6.40. The summed E-state index contributed by atoms with van der Waals surface area (Å²) < 4.78 is 9.06. The monoisotopic (exact) mass is 375 g/mol. The Bertz CT molecular complexity index is 1060. The van der Waals surface area contributed by atoms with Gasteiger partial charge in [0.15, 0.2) is 0 Å². The van der Waals surface area contributed by atoms with E-state index in [1.165, 1.54) is 0 Å². The minimum atomic E-state index is -1.23. The molecule has 0 saturated heterocycles. The van der Waals surface area contributed by atoms with Crippen molar-refractivity contribution in [3.8, 4) is 22.7 Å². The second kappa shape index (κ2) is 7.58. The van der Waals surface area contributed by atoms with Gasteiger partial charge >= 0.3 is 0 Å². The van der Waals surface area contributed by atoms with Crippen LogP contribution in [0, 0.1) is 6.92 Å². The number of nitrogens with one attached hydrogen (secondary N) is 1. The number of para-hydroxylation sites is 2. The number of hydrogen-bond acceptors (Lipinski definition) is 5. The molecule has 0 amide bonds. The van der Waals surface area contributed by atoms with Gasteiger partial charge in [0.25, 0.3) is 6.41 Å². The first-order valence-electron chi connectivity index (χ1n) is 8.92. The highest BCUT2D eigenvalue weighted by molar-refractivity contribution is 5.69. The van der Waals surface area contributed by atoms with E-state index < -0.39 is 6.41 Å². The molecule has 7 nitrogen and oxygen atoms in total. The Hall–Kier alpha value is -3.58. The standard InChI is InChI=1S/C21H21N5O2/c1-15-19(16-13-22-25(2)14-16)24-26(17-9-5-3-6-10-17)20(15)23-21(27)28-18-11-7-4-8-12-18/h3-14,21,23,27H,1-2H3. The molecule has 0 radical (unpaired) electrons. The lowest BCUT2D eigenvalue weighted by Crippen LogP contribution is -2.27. The largest absolute Gasteiger partial charge is 0.447 e. The van der Waals surface area contributed by atoms with Crippen LogP contribution in [0.3, 0.4) is 0 Å². The molecule has 2 heterocycles. The molecule has 1 atom stereocenters. The van der Waals surface area contributed by atoms with Gasteiger partial charge in [0.05, 0.1) is 11.9 Å². The van der Waals surface area contributed by atoms with Crippen molar-refractivity contribution in [2.45, 2.75) is 13.3 Å². The number of anilines is 1. The fourth-order valence-electron chi connectivity index (χ4n) is 3.01. The summed E-state index contributed by atoms with van der Waals surface area (Å²) in [6.07, 6.45) is 2.44. The van der Waals surface area contributed by atoms with E-state index in [0.29, 0.717) is 11.6 Å². The summed E-state index contributed by atoms with van der Waals surface area (Å²) in [6.45, 7) is 1.95. The quantitative estimate of drug-likeness (QED) is 0.506. The summed E-state index contributed by atoms with van der Waals surface area (Å²) in [6, 6.07) is 18.9. The van der Waals surface area contributed by atoms with Gasteiger partial charge in [0, 0.05) is 24.4 Å². The molecule has 4 aromatic rings. The van der Waals surface area contributed by atoms with Crippen molar-refractivity contribution in [1.82, 2.24) is 19.6 Å². The third kappa shape index (κ3) is 3.60. The van der Waals surface area contributed by atoms with Crippen LogP contribution in [0.25, 0.3) is 16.9 Å². The van der Waals surface area contributed by atoms with E-state index in [1.807, 2.05) is 68.7 Å². The molecular weight excluding hydrogens is 354 g/mol. The average Bonchev–Trinajstić information content (AvgIpc) is 3.27. The Kier molecular flexibility index (Phi) is 4.82. The minimum Gasteiger partial charge on any atom is -0.447 e. The first kappa shape index (κ1) is 17.8. The third-order valence-electron chi connectivity index (χ3n) is 4.35. The van der Waals surface area contributed by atoms with Crippen LogP contribution in [0.15, 0.2) is 73.1 Å². The van der Waals surface area contributed by atoms with E-state index in [2.05, 4.69) is 10.4 Å². The van der Waals surface area contributed by atoms with E-state index in [-0.39, 0.29) is 0 Å². The minimum absolute atomic E-state index is 0.568. The number of aryl methyl sites for hydroxylation is 1. The van der Waals surface area contributed by atoms with E-state index in [0.717, 1.165) is 22.5 Å². The first-order chi connectivity index (χ1) is 13.6. The maximum atomic E-state index is 10.4. The Morgan fingerprint density at radius 3 is 2.36 bits per heavy atom. The molecule has 2 N–H and O–H groups in total. The molecule has 2 aromatic heterocycles. The van der Waals surface area contributed by atoms with E-state index in [1.54, 1.807) is 27.7 Å². The van der Waals surface area contributed by atoms with Gasteiger partial charge in [0.1, 0.15) is 17.3 Å². The molecule has 0 spiro atoms. The van der Waals surface area contributed by atoms with Crippen LogP contribution in [0.5, 0.6) is 5.75 Å². The van der Waals surface area contributed by atoms with Gasteiger partial charge in [-0.25, -0.2) is 4.68 Å². The van der Waals surface area contributed by atoms with Crippen LogP contribution >= 0.6 is 0 Å². The molecule has 0 aliphatic heterocycles. The molecule has 1 unspecified atom stereocenters. The highest BCUT2D eigenvalue weighted by Gasteiger charge is 2.20. The number of ether oxygens (including phenoxy) is 1. The van der Waals surface area contributed by atoms with Crippen LogP contribution in [0.1, 0.15) is 5.56 Å². The van der Waals surface area contributed by atoms with E-state index in [9.17, 15) is 5.11 Å². The maximum absolute atomic E-state index is 10.4. The number of rotatable bonds is 6. The lowest BCUT2D eigenvalue weighted by Gasteiger charge is -2.17. The van der Waals surface area contributed by atoms with Crippen molar-refractivity contribution < 1.29 is 9.84 Å². The Morgan fingerprint density at radius 1 is 1.04 bits per heavy atom. The number of nitrogens with zero attached hydrogens (tertiary/aromatic N) is 4. The SMILES string of the molecule is Cc1c(-c2cnn(C)c2)nn(-c2ccccc2)c1NC(O)Oc1ccccc1. The third-order valence-corrected chi connectivity index (χ3v) is 4.35. The molecule has 142 valence electrons. The Morgan fingerprint density at radius 2 is 1.71 bits per heavy atom. The molecular formula is C21H21N5O2. The van der Waals surface area contributed by atoms with Gasteiger partial charge in [-0.2, -0.15) is 10.2 Å². The van der Waals surface area contributed by atoms with Gasteiger partial charge in [0.2, 0.25) is 0 Å². The number of aliphatic hydroxyl groups excluding tert-OH is 1. The predicted molar refractivity (Wildman–Crippen MR) is 107 cm³/mol. The topological polar surface area (TPSA) is 77.1 Å². The molecule has 0 saturated carbocycles. The highest BCUT2D eigenvalue weighted by atomic mass is 16.6. The number of benzene rings is 2. The van der Waals surface area contributed by atoms with E-state index in [4.69, 9.17) is 9.84 Å². The number of aliphatic hydroxyl groups is 1. The summed E-state index contributed by atoms with van der Waals surface area (Å²) in [5.74, 6) is 1.21. The zero-order valence-electron chi connectivity index (χ0n) is 15.6. The van der Waals surface area contributed by atoms with Gasteiger partial charge in [-0.15, -0.1) is 0 Å². The lowest BCUT2D eigenvalue weighted by atomic mass is 10.1. The molecule has 0 bridgehead atoms. The summed E-state index contributed by atoms with van der Waals surface area (Å²) >= 11 is 0. The Labute approximate surface area is 162 Å². The molecule has 0 aliphatic carbocycles. The van der Waals surface area contributed by atoms with Crippen molar-refractivity contribution in [1.29, 1.82) is 0 Å². The normalized spacial score (nSPS) is 12.0. The smallest absolute Gasteiger partial charge is 0.280 e. The Balaban J connectivity index is 1.71. The molecule has 7 heteroatoms. The number of aromatic nitrogens is 4. The molecule has 2 aromatic carbocycles. The number of hydrogen-bond donors (Lipinski definition) is 2. The highest BCUT2D eigenvalue weighted by Crippen LogP contribution is 2.30. The van der Waals surface area contributed by atoms with Gasteiger partial charge in [-0.3, -0.25) is 4.68 Å². The van der Waals surface area contributed by atoms with Gasteiger partial charge in [-0.05, 0) is 31.2 Å². The summed E-state index contributed by atoms with van der Waals surface area (Å²) in [7, 11) is 1.86. The van der Waals surface area contributed by atoms with Crippen LogP contribution in [-0.2, 0) is 7.05 Å². The summed E-state index contributed by atoms with van der Waals surface area (Å²) in [4.78, 5) is 0. The second-order valence-electron chi connectivity index (χ2n) is 6.40. The predicted octanol–water partition coefficient (Wildman–Crippen LogP) is 3.35. The fourth-order valence-corrected chi connectivity index (χ4v) is 3.01. The molecule has 0 aliphatic rings. The van der Waals surface area contributed by atoms with Crippen molar-refractivity contribution >= 4 is 5.82 Å². The van der Waals surface area contributed by atoms with Crippen molar-refractivity contribution in [2.24, 2.45) is 7.05 Å². The summed E-state index contributed by atoms with van der Waals surface area (Å²) in [5.41, 5.74) is 3.44. The average molecular weight is 375 g/mol.